The molecule has 0 saturated carbocycles. The number of H-pyrrole nitrogens is 1. The number of hydrogen-bond acceptors (Lipinski definition) is 4. The lowest BCUT2D eigenvalue weighted by molar-refractivity contribution is -0.140. The van der Waals surface area contributed by atoms with Gasteiger partial charge in [0, 0.05) is 28.0 Å². The van der Waals surface area contributed by atoms with E-state index in [2.05, 4.69) is 10.3 Å². The van der Waals surface area contributed by atoms with Gasteiger partial charge in [-0.05, 0) is 47.4 Å². The molecule has 9 nitrogen and oxygen atoms in total. The van der Waals surface area contributed by atoms with Gasteiger partial charge in [0.1, 0.15) is 18.1 Å². The van der Waals surface area contributed by atoms with Crippen LogP contribution in [0.3, 0.4) is 0 Å². The average Bonchev–Trinajstić information content (AvgIpc) is 3.48. The second-order valence-corrected chi connectivity index (χ2v) is 11.2. The maximum Gasteiger partial charge on any atom is 0.332 e. The minimum Gasteiger partial charge on any atom is -0.480 e. The molecule has 42 heavy (non-hydrogen) atoms. The van der Waals surface area contributed by atoms with Gasteiger partial charge in [0.25, 0.3) is 11.8 Å². The molecule has 1 saturated heterocycles. The number of para-hydroxylation sites is 2. The molecule has 2 aliphatic rings. The fraction of sp³-hybridized carbons (Fsp3) is 0.250. The number of rotatable bonds is 7. The molecule has 2 aliphatic heterocycles. The molecular formula is C32H29ClN4O5. The molecular weight excluding hydrogens is 556 g/mol. The molecule has 0 aliphatic carbocycles. The van der Waals surface area contributed by atoms with Crippen LogP contribution in [0, 0.1) is 5.92 Å². The maximum atomic E-state index is 14.3. The highest BCUT2D eigenvalue weighted by atomic mass is 35.5. The second-order valence-electron chi connectivity index (χ2n) is 10.8. The molecule has 1 aromatic heterocycles. The lowest BCUT2D eigenvalue weighted by atomic mass is 9.89. The number of carbonyl (C=O) groups is 4. The van der Waals surface area contributed by atoms with Crippen LogP contribution < -0.4 is 10.2 Å². The Bertz CT molecular complexity index is 1750. The van der Waals surface area contributed by atoms with E-state index in [0.29, 0.717) is 17.9 Å². The summed E-state index contributed by atoms with van der Waals surface area (Å²) < 4.78 is 0. The Morgan fingerprint density at radius 1 is 1.07 bits per heavy atom. The quantitative estimate of drug-likeness (QED) is 0.246. The second kappa shape index (κ2) is 10.6. The summed E-state index contributed by atoms with van der Waals surface area (Å²) in [5.74, 6) is -2.62. The van der Waals surface area contributed by atoms with E-state index in [1.165, 1.54) is 12.1 Å². The summed E-state index contributed by atoms with van der Waals surface area (Å²) in [6.45, 7) is 3.58. The van der Waals surface area contributed by atoms with E-state index in [-0.39, 0.29) is 17.2 Å². The average molecular weight is 585 g/mol. The summed E-state index contributed by atoms with van der Waals surface area (Å²) in [5.41, 5.74) is 3.55. The lowest BCUT2D eigenvalue weighted by Crippen LogP contribution is -2.45. The highest BCUT2D eigenvalue weighted by Crippen LogP contribution is 2.45. The zero-order chi connectivity index (χ0) is 29.7. The molecule has 4 atom stereocenters. The molecule has 0 radical (unpaired) electrons. The number of hydrogen-bond donors (Lipinski definition) is 3. The molecule has 3 aromatic carbocycles. The van der Waals surface area contributed by atoms with Crippen molar-refractivity contribution in [1.82, 2.24) is 15.2 Å². The van der Waals surface area contributed by atoms with Crippen LogP contribution in [0.25, 0.3) is 10.9 Å². The third kappa shape index (κ3) is 4.41. The minimum absolute atomic E-state index is 0.0388. The highest BCUT2D eigenvalue weighted by Gasteiger charge is 2.53. The molecule has 1 fully saturated rings. The van der Waals surface area contributed by atoms with Crippen LogP contribution in [0.5, 0.6) is 0 Å². The predicted molar refractivity (Wildman–Crippen MR) is 159 cm³/mol. The van der Waals surface area contributed by atoms with Gasteiger partial charge in [0.05, 0.1) is 11.3 Å². The number of urea groups is 1. The van der Waals surface area contributed by atoms with Crippen molar-refractivity contribution in [2.24, 2.45) is 5.92 Å². The first kappa shape index (κ1) is 27.5. The number of benzene rings is 3. The van der Waals surface area contributed by atoms with Crippen molar-refractivity contribution in [3.8, 4) is 0 Å². The van der Waals surface area contributed by atoms with E-state index in [1.807, 2.05) is 37.3 Å². The molecule has 0 spiro atoms. The van der Waals surface area contributed by atoms with Crippen molar-refractivity contribution < 1.29 is 24.3 Å². The van der Waals surface area contributed by atoms with Crippen LogP contribution in [0.15, 0.2) is 72.8 Å². The smallest absolute Gasteiger partial charge is 0.332 e. The van der Waals surface area contributed by atoms with Crippen molar-refractivity contribution in [1.29, 1.82) is 0 Å². The van der Waals surface area contributed by atoms with E-state index < -0.39 is 41.9 Å². The van der Waals surface area contributed by atoms with Gasteiger partial charge in [-0.2, -0.15) is 0 Å². The first-order valence-electron chi connectivity index (χ1n) is 13.8. The largest absolute Gasteiger partial charge is 0.480 e. The molecule has 4 unspecified atom stereocenters. The number of nitrogens with one attached hydrogen (secondary N) is 2. The molecule has 3 heterocycles. The van der Waals surface area contributed by atoms with E-state index in [0.717, 1.165) is 32.6 Å². The summed E-state index contributed by atoms with van der Waals surface area (Å²) in [7, 11) is 0. The van der Waals surface area contributed by atoms with Gasteiger partial charge in [0.15, 0.2) is 0 Å². The van der Waals surface area contributed by atoms with E-state index in [1.54, 1.807) is 42.2 Å². The Morgan fingerprint density at radius 3 is 2.55 bits per heavy atom. The predicted octanol–water partition coefficient (Wildman–Crippen LogP) is 5.53. The zero-order valence-electron chi connectivity index (χ0n) is 23.0. The number of amides is 4. The van der Waals surface area contributed by atoms with Crippen molar-refractivity contribution >= 4 is 52.0 Å². The number of carboxylic acids is 1. The SMILES string of the molecule is CCC(C)C(NC(=O)c1ccccc1N1C(=O)C2Cc3c([nH]c4ccccc34)C(c3cccc(Cl)c3)N2C1=O)C(=O)O. The molecule has 3 N–H and O–H groups in total. The van der Waals surface area contributed by atoms with Crippen molar-refractivity contribution in [3.05, 3.63) is 100 Å². The number of nitrogens with zero attached hydrogens (tertiary/aromatic N) is 2. The summed E-state index contributed by atoms with van der Waals surface area (Å²) in [4.78, 5) is 59.8. The van der Waals surface area contributed by atoms with Gasteiger partial charge < -0.3 is 15.4 Å². The Morgan fingerprint density at radius 2 is 1.81 bits per heavy atom. The fourth-order valence-electron chi connectivity index (χ4n) is 6.08. The zero-order valence-corrected chi connectivity index (χ0v) is 23.8. The lowest BCUT2D eigenvalue weighted by Gasteiger charge is -2.36. The van der Waals surface area contributed by atoms with Crippen molar-refractivity contribution in [3.63, 3.8) is 0 Å². The van der Waals surface area contributed by atoms with Crippen LogP contribution in [0.4, 0.5) is 10.5 Å². The van der Waals surface area contributed by atoms with Gasteiger partial charge in [0.2, 0.25) is 0 Å². The number of anilines is 1. The first-order valence-corrected chi connectivity index (χ1v) is 14.2. The van der Waals surface area contributed by atoms with Gasteiger partial charge in [-0.15, -0.1) is 0 Å². The van der Waals surface area contributed by atoms with E-state index >= 15 is 0 Å². The normalized spacial score (nSPS) is 19.4. The number of aliphatic carboxylic acids is 1. The number of aromatic amines is 1. The number of carbonyl (C=O) groups excluding carboxylic acids is 3. The standard InChI is InChI=1S/C32H29ClN4O5/c1-3-17(2)26(31(40)41)35-29(38)21-12-5-7-14-24(21)37-30(39)25-16-22-20-11-4-6-13-23(20)34-27(22)28(36(25)32(37)42)18-9-8-10-19(33)15-18/h4-15,17,25-26,28,34H,3,16H2,1-2H3,(H,35,38)(H,40,41). The molecule has 10 heteroatoms. The van der Waals surface area contributed by atoms with Crippen molar-refractivity contribution in [2.75, 3.05) is 4.90 Å². The monoisotopic (exact) mass is 584 g/mol. The molecule has 4 aromatic rings. The molecule has 6 rings (SSSR count). The minimum atomic E-state index is -1.15. The molecule has 4 amide bonds. The summed E-state index contributed by atoms with van der Waals surface area (Å²) in [6, 6.07) is 18.1. The summed E-state index contributed by atoms with van der Waals surface area (Å²) in [6.07, 6.45) is 0.833. The number of fused-ring (bicyclic) bond motifs is 4. The number of carboxylic acid groups (broad SMARTS) is 1. The Hall–Kier alpha value is -4.63. The summed E-state index contributed by atoms with van der Waals surface area (Å²) in [5, 5.41) is 13.8. The van der Waals surface area contributed by atoms with Crippen LogP contribution in [-0.4, -0.2) is 50.9 Å². The Labute approximate surface area is 247 Å². The third-order valence-corrected chi connectivity index (χ3v) is 8.60. The van der Waals surface area contributed by atoms with Gasteiger partial charge in [-0.25, -0.2) is 14.5 Å². The number of imide groups is 1. The third-order valence-electron chi connectivity index (χ3n) is 8.37. The maximum absolute atomic E-state index is 14.3. The van der Waals surface area contributed by atoms with E-state index in [9.17, 15) is 24.3 Å². The Balaban J connectivity index is 1.44. The van der Waals surface area contributed by atoms with Gasteiger partial charge in [-0.1, -0.05) is 74.3 Å². The topological polar surface area (TPSA) is 123 Å². The van der Waals surface area contributed by atoms with Gasteiger partial charge in [-0.3, -0.25) is 14.5 Å². The van der Waals surface area contributed by atoms with Crippen molar-refractivity contribution in [2.45, 2.75) is 44.8 Å². The Kier molecular flexibility index (Phi) is 6.98. The van der Waals surface area contributed by atoms with Crippen LogP contribution in [0.1, 0.15) is 53.5 Å². The van der Waals surface area contributed by atoms with Gasteiger partial charge >= 0.3 is 12.0 Å². The summed E-state index contributed by atoms with van der Waals surface area (Å²) >= 11 is 6.38. The number of aromatic nitrogens is 1. The van der Waals surface area contributed by atoms with Crippen LogP contribution in [-0.2, 0) is 16.0 Å². The molecule has 0 bridgehead atoms. The highest BCUT2D eigenvalue weighted by molar-refractivity contribution is 6.30. The molecule has 214 valence electrons. The number of halogens is 1. The van der Waals surface area contributed by atoms with Crippen LogP contribution in [0.2, 0.25) is 5.02 Å². The van der Waals surface area contributed by atoms with E-state index in [4.69, 9.17) is 11.6 Å². The van der Waals surface area contributed by atoms with Crippen LogP contribution >= 0.6 is 11.6 Å². The fourth-order valence-corrected chi connectivity index (χ4v) is 6.28. The first-order chi connectivity index (χ1) is 20.2.